The molecule has 0 aliphatic rings. The molecule has 192 valence electrons. The Labute approximate surface area is 198 Å². The maximum Gasteiger partial charge on any atom is 0.472 e. The van der Waals surface area contributed by atoms with Crippen molar-refractivity contribution in [1.82, 2.24) is 0 Å². The van der Waals surface area contributed by atoms with E-state index >= 15 is 0 Å². The minimum absolute atomic E-state index is 0.0535. The van der Waals surface area contributed by atoms with Gasteiger partial charge in [-0.15, -0.1) is 0 Å². The number of hydrogen-bond donors (Lipinski definition) is 3. The summed E-state index contributed by atoms with van der Waals surface area (Å²) >= 11 is 0. The average molecular weight is 492 g/mol. The van der Waals surface area contributed by atoms with Crippen LogP contribution in [0.3, 0.4) is 0 Å². The summed E-state index contributed by atoms with van der Waals surface area (Å²) in [6.45, 7) is 1.24. The summed E-state index contributed by atoms with van der Waals surface area (Å²) in [4.78, 5) is 25.3. The standard InChI is InChI=1S/C23H42NO8P/c1-2-3-4-5-6-7-8-9-10-11-12-13-14-15-16-17-23(25)29-20-22(32-26)21-31-33(27,28)30-19-18-24/h3-4,6-7,9-10,22,26H,2,5,8,11-21,24H2,1H3,(H,27,28)/b4-3-,7-6-,10-9-/t22-/m1/s1. The van der Waals surface area contributed by atoms with Crippen molar-refractivity contribution in [3.8, 4) is 0 Å². The fraction of sp³-hybridized carbons (Fsp3) is 0.696. The normalized spacial score (nSPS) is 14.9. The molecule has 0 amide bonds. The van der Waals surface area contributed by atoms with Crippen LogP contribution in [0.5, 0.6) is 0 Å². The van der Waals surface area contributed by atoms with Crippen LogP contribution in [0.2, 0.25) is 0 Å². The van der Waals surface area contributed by atoms with Crippen LogP contribution in [0.15, 0.2) is 36.5 Å². The summed E-state index contributed by atoms with van der Waals surface area (Å²) in [5, 5.41) is 8.81. The van der Waals surface area contributed by atoms with Crippen LogP contribution in [0, 0.1) is 0 Å². The monoisotopic (exact) mass is 491 g/mol. The summed E-state index contributed by atoms with van der Waals surface area (Å²) in [5.41, 5.74) is 5.17. The fourth-order valence-corrected chi connectivity index (χ4v) is 3.40. The maximum atomic E-state index is 11.8. The van der Waals surface area contributed by atoms with Crippen molar-refractivity contribution in [2.75, 3.05) is 26.4 Å². The highest BCUT2D eigenvalue weighted by Crippen LogP contribution is 2.42. The lowest BCUT2D eigenvalue weighted by atomic mass is 10.1. The first-order valence-corrected chi connectivity index (χ1v) is 13.2. The van der Waals surface area contributed by atoms with Crippen molar-refractivity contribution < 1.29 is 38.2 Å². The molecule has 0 bridgehead atoms. The van der Waals surface area contributed by atoms with E-state index in [1.807, 2.05) is 0 Å². The van der Waals surface area contributed by atoms with Gasteiger partial charge in [-0.25, -0.2) is 9.45 Å². The number of hydrogen-bond acceptors (Lipinski definition) is 8. The summed E-state index contributed by atoms with van der Waals surface area (Å²) in [6, 6.07) is 0. The Balaban J connectivity index is 3.68. The summed E-state index contributed by atoms with van der Waals surface area (Å²) in [7, 11) is -4.29. The minimum Gasteiger partial charge on any atom is -0.463 e. The van der Waals surface area contributed by atoms with Gasteiger partial charge in [0.05, 0.1) is 13.2 Å². The fourth-order valence-electron chi connectivity index (χ4n) is 2.64. The zero-order valence-electron chi connectivity index (χ0n) is 19.8. The Morgan fingerprint density at radius 3 is 2.24 bits per heavy atom. The molecule has 0 radical (unpaired) electrons. The van der Waals surface area contributed by atoms with Crippen molar-refractivity contribution in [3.05, 3.63) is 36.5 Å². The van der Waals surface area contributed by atoms with Crippen molar-refractivity contribution >= 4 is 13.8 Å². The minimum atomic E-state index is -4.29. The van der Waals surface area contributed by atoms with E-state index in [9.17, 15) is 14.3 Å². The lowest BCUT2D eigenvalue weighted by Gasteiger charge is -2.16. The first-order chi connectivity index (χ1) is 15.9. The van der Waals surface area contributed by atoms with Gasteiger partial charge in [-0.2, -0.15) is 0 Å². The first-order valence-electron chi connectivity index (χ1n) is 11.7. The molecular formula is C23H42NO8P. The Morgan fingerprint density at radius 1 is 0.939 bits per heavy atom. The molecule has 1 unspecified atom stereocenters. The van der Waals surface area contributed by atoms with E-state index in [1.165, 1.54) is 0 Å². The zero-order valence-corrected chi connectivity index (χ0v) is 20.7. The molecule has 0 fully saturated rings. The number of allylic oxidation sites excluding steroid dienone is 6. The van der Waals surface area contributed by atoms with Gasteiger partial charge in [0.2, 0.25) is 0 Å². The van der Waals surface area contributed by atoms with Crippen LogP contribution >= 0.6 is 7.82 Å². The van der Waals surface area contributed by atoms with E-state index in [0.29, 0.717) is 6.42 Å². The lowest BCUT2D eigenvalue weighted by Crippen LogP contribution is -2.26. The van der Waals surface area contributed by atoms with Crippen LogP contribution in [-0.4, -0.2) is 48.6 Å². The number of carbonyl (C=O) groups excluding carboxylic acids is 1. The number of esters is 1. The van der Waals surface area contributed by atoms with Crippen molar-refractivity contribution in [1.29, 1.82) is 0 Å². The summed E-state index contributed by atoms with van der Waals surface area (Å²) < 4.78 is 25.7. The molecule has 2 atom stereocenters. The molecule has 0 spiro atoms. The second-order valence-electron chi connectivity index (χ2n) is 7.40. The smallest absolute Gasteiger partial charge is 0.463 e. The lowest BCUT2D eigenvalue weighted by molar-refractivity contribution is -0.290. The highest BCUT2D eigenvalue weighted by Gasteiger charge is 2.24. The van der Waals surface area contributed by atoms with E-state index < -0.39 is 26.5 Å². The van der Waals surface area contributed by atoms with Crippen LogP contribution in [-0.2, 0) is 28.0 Å². The molecule has 0 saturated carbocycles. The largest absolute Gasteiger partial charge is 0.472 e. The molecule has 0 aromatic carbocycles. The molecule has 4 N–H and O–H groups in total. The molecule has 0 aromatic rings. The molecule has 0 aromatic heterocycles. The molecule has 0 aliphatic carbocycles. The Bertz CT molecular complexity index is 609. The molecule has 33 heavy (non-hydrogen) atoms. The number of phosphoric ester groups is 1. The molecular weight excluding hydrogens is 449 g/mol. The van der Waals surface area contributed by atoms with Gasteiger partial charge in [0, 0.05) is 13.0 Å². The van der Waals surface area contributed by atoms with Gasteiger partial charge in [0.15, 0.2) is 6.10 Å². The molecule has 9 nitrogen and oxygen atoms in total. The zero-order chi connectivity index (χ0) is 24.6. The highest BCUT2D eigenvalue weighted by molar-refractivity contribution is 7.47. The Morgan fingerprint density at radius 2 is 1.58 bits per heavy atom. The van der Waals surface area contributed by atoms with Gasteiger partial charge < -0.3 is 15.4 Å². The number of nitrogens with two attached hydrogens (primary N) is 1. The van der Waals surface area contributed by atoms with E-state index in [2.05, 4.69) is 57.3 Å². The van der Waals surface area contributed by atoms with Gasteiger partial charge in [-0.3, -0.25) is 19.1 Å². The van der Waals surface area contributed by atoms with Crippen LogP contribution in [0.1, 0.15) is 71.1 Å². The third kappa shape index (κ3) is 22.2. The van der Waals surface area contributed by atoms with Gasteiger partial charge >= 0.3 is 13.8 Å². The number of carbonyl (C=O) groups is 1. The van der Waals surface area contributed by atoms with Crippen LogP contribution in [0.4, 0.5) is 0 Å². The molecule has 0 aliphatic heterocycles. The molecule has 0 saturated heterocycles. The molecule has 10 heteroatoms. The second-order valence-corrected chi connectivity index (χ2v) is 8.85. The predicted octanol–water partition coefficient (Wildman–Crippen LogP) is 5.07. The number of rotatable bonds is 22. The van der Waals surface area contributed by atoms with Crippen molar-refractivity contribution in [2.24, 2.45) is 5.73 Å². The quantitative estimate of drug-likeness (QED) is 0.0473. The van der Waals surface area contributed by atoms with E-state index in [1.54, 1.807) is 0 Å². The summed E-state index contributed by atoms with van der Waals surface area (Å²) in [5.74, 6) is -0.426. The van der Waals surface area contributed by atoms with E-state index in [0.717, 1.165) is 51.4 Å². The third-order valence-corrected chi connectivity index (χ3v) is 5.39. The van der Waals surface area contributed by atoms with E-state index in [-0.39, 0.29) is 26.2 Å². The highest BCUT2D eigenvalue weighted by atomic mass is 31.2. The predicted molar refractivity (Wildman–Crippen MR) is 129 cm³/mol. The van der Waals surface area contributed by atoms with Gasteiger partial charge in [0.1, 0.15) is 6.61 Å². The number of ether oxygens (including phenoxy) is 1. The van der Waals surface area contributed by atoms with Crippen LogP contribution in [0.25, 0.3) is 0 Å². The van der Waals surface area contributed by atoms with Crippen LogP contribution < -0.4 is 5.73 Å². The van der Waals surface area contributed by atoms with Gasteiger partial charge in [-0.1, -0.05) is 62.6 Å². The topological polar surface area (TPSA) is 138 Å². The Hall–Kier alpha value is -1.32. The van der Waals surface area contributed by atoms with Crippen molar-refractivity contribution in [3.63, 3.8) is 0 Å². The summed E-state index contributed by atoms with van der Waals surface area (Å²) in [6.07, 6.45) is 21.3. The first kappa shape index (κ1) is 31.7. The molecule has 0 rings (SSSR count). The van der Waals surface area contributed by atoms with Gasteiger partial charge in [0.25, 0.3) is 0 Å². The number of phosphoric acid groups is 1. The second kappa shape index (κ2) is 22.5. The number of unbranched alkanes of at least 4 members (excludes halogenated alkanes) is 5. The third-order valence-electron chi connectivity index (χ3n) is 4.41. The van der Waals surface area contributed by atoms with E-state index in [4.69, 9.17) is 15.7 Å². The van der Waals surface area contributed by atoms with Gasteiger partial charge in [-0.05, 0) is 38.5 Å². The maximum absolute atomic E-state index is 11.8. The average Bonchev–Trinajstić information content (AvgIpc) is 2.80. The van der Waals surface area contributed by atoms with Crippen molar-refractivity contribution in [2.45, 2.75) is 77.2 Å². The Kier molecular flexibility index (Phi) is 21.6. The SMILES string of the molecule is CC/C=C\C/C=C\C/C=C\CCCCCCCC(=O)OC[C@H](COP(=O)(O)OCCN)OO. The molecule has 0 heterocycles.